The van der Waals surface area contributed by atoms with Gasteiger partial charge in [0.1, 0.15) is 5.15 Å². The summed E-state index contributed by atoms with van der Waals surface area (Å²) < 4.78 is 2.13. The van der Waals surface area contributed by atoms with Gasteiger partial charge in [0.15, 0.2) is 0 Å². The lowest BCUT2D eigenvalue weighted by Gasteiger charge is -2.16. The van der Waals surface area contributed by atoms with Crippen molar-refractivity contribution in [3.63, 3.8) is 0 Å². The van der Waals surface area contributed by atoms with E-state index in [1.165, 1.54) is 5.56 Å². The average Bonchev–Trinajstić information content (AvgIpc) is 3.08. The Morgan fingerprint density at radius 3 is 2.50 bits per heavy atom. The van der Waals surface area contributed by atoms with Gasteiger partial charge in [-0.05, 0) is 23.3 Å². The van der Waals surface area contributed by atoms with E-state index < -0.39 is 0 Å². The number of para-hydroxylation sites is 1. The first-order valence-electron chi connectivity index (χ1n) is 9.09. The van der Waals surface area contributed by atoms with Gasteiger partial charge in [-0.15, -0.1) is 0 Å². The minimum absolute atomic E-state index is 0.0158. The number of halogens is 1. The molecule has 0 aliphatic carbocycles. The van der Waals surface area contributed by atoms with Crippen LogP contribution in [0.1, 0.15) is 21.5 Å². The van der Waals surface area contributed by atoms with E-state index in [9.17, 15) is 4.79 Å². The van der Waals surface area contributed by atoms with Crippen LogP contribution < -0.4 is 0 Å². The summed E-state index contributed by atoms with van der Waals surface area (Å²) in [6.45, 7) is 1.20. The fourth-order valence-corrected chi connectivity index (χ4v) is 3.49. The maximum absolute atomic E-state index is 13.2. The molecule has 0 fully saturated rings. The van der Waals surface area contributed by atoms with Crippen LogP contribution in [0.25, 0.3) is 10.9 Å². The highest BCUT2D eigenvalue weighted by molar-refractivity contribution is 6.29. The summed E-state index contributed by atoms with van der Waals surface area (Å²) in [6, 6.07) is 21.9. The van der Waals surface area contributed by atoms with Gasteiger partial charge in [-0.3, -0.25) is 4.79 Å². The summed E-state index contributed by atoms with van der Waals surface area (Å²) in [7, 11) is 1.81. The average molecular weight is 390 g/mol. The molecule has 2 heterocycles. The highest BCUT2D eigenvalue weighted by Gasteiger charge is 2.18. The Hall–Kier alpha value is -3.11. The smallest absolute Gasteiger partial charge is 0.256 e. The molecule has 140 valence electrons. The third-order valence-electron chi connectivity index (χ3n) is 4.77. The summed E-state index contributed by atoms with van der Waals surface area (Å²) in [6.07, 6.45) is 3.65. The highest BCUT2D eigenvalue weighted by Crippen LogP contribution is 2.24. The largest absolute Gasteiger partial charge is 0.342 e. The van der Waals surface area contributed by atoms with Crippen LogP contribution >= 0.6 is 11.6 Å². The maximum Gasteiger partial charge on any atom is 0.256 e. The van der Waals surface area contributed by atoms with Crippen LogP contribution in [-0.2, 0) is 13.1 Å². The number of nitrogens with zero attached hydrogens (tertiary/aromatic N) is 3. The van der Waals surface area contributed by atoms with Crippen molar-refractivity contribution in [1.82, 2.24) is 14.5 Å². The van der Waals surface area contributed by atoms with Gasteiger partial charge in [0.2, 0.25) is 0 Å². The van der Waals surface area contributed by atoms with Crippen molar-refractivity contribution in [2.24, 2.45) is 0 Å². The second-order valence-corrected chi connectivity index (χ2v) is 7.21. The van der Waals surface area contributed by atoms with Gasteiger partial charge in [0.05, 0.1) is 5.56 Å². The molecule has 0 saturated heterocycles. The van der Waals surface area contributed by atoms with Crippen LogP contribution in [-0.4, -0.2) is 27.4 Å². The Bertz CT molecular complexity index is 1100. The number of rotatable bonds is 5. The summed E-state index contributed by atoms with van der Waals surface area (Å²) in [5.74, 6) is -0.0158. The quantitative estimate of drug-likeness (QED) is 0.450. The Kier molecular flexibility index (Phi) is 5.13. The molecule has 0 aliphatic rings. The number of carbonyl (C=O) groups is 1. The van der Waals surface area contributed by atoms with Gasteiger partial charge in [-0.25, -0.2) is 4.98 Å². The third kappa shape index (κ3) is 3.78. The van der Waals surface area contributed by atoms with Crippen molar-refractivity contribution >= 4 is 28.4 Å². The number of benzene rings is 2. The zero-order chi connectivity index (χ0) is 19.5. The van der Waals surface area contributed by atoms with Crippen LogP contribution in [0, 0.1) is 0 Å². The van der Waals surface area contributed by atoms with Gasteiger partial charge in [-0.2, -0.15) is 0 Å². The van der Waals surface area contributed by atoms with E-state index in [1.54, 1.807) is 24.2 Å². The van der Waals surface area contributed by atoms with Crippen molar-refractivity contribution < 1.29 is 4.79 Å². The molecule has 4 aromatic rings. The maximum atomic E-state index is 13.2. The number of aromatic nitrogens is 2. The van der Waals surface area contributed by atoms with Crippen LogP contribution in [0.4, 0.5) is 0 Å². The number of pyridine rings is 1. The molecule has 1 amide bonds. The van der Waals surface area contributed by atoms with Gasteiger partial charge in [0.25, 0.3) is 5.91 Å². The Morgan fingerprint density at radius 2 is 1.75 bits per heavy atom. The molecular formula is C23H20ClN3O. The SMILES string of the molecule is CN(Cc1ccc(Cl)nc1)C(=O)c1cn(Cc2ccccc2)c2ccccc12. The van der Waals surface area contributed by atoms with Gasteiger partial charge in [0, 0.05) is 43.4 Å². The molecule has 0 bridgehead atoms. The Morgan fingerprint density at radius 1 is 1.00 bits per heavy atom. The number of fused-ring (bicyclic) bond motifs is 1. The van der Waals surface area contributed by atoms with Gasteiger partial charge in [-0.1, -0.05) is 66.2 Å². The molecule has 0 N–H and O–H groups in total. The molecule has 28 heavy (non-hydrogen) atoms. The van der Waals surface area contributed by atoms with Gasteiger partial charge >= 0.3 is 0 Å². The summed E-state index contributed by atoms with van der Waals surface area (Å²) in [5, 5.41) is 1.41. The first-order valence-corrected chi connectivity index (χ1v) is 9.47. The molecule has 0 unspecified atom stereocenters. The molecule has 0 aliphatic heterocycles. The number of hydrogen-bond acceptors (Lipinski definition) is 2. The summed E-state index contributed by atoms with van der Waals surface area (Å²) in [5.41, 5.74) is 3.89. The normalized spacial score (nSPS) is 10.9. The lowest BCUT2D eigenvalue weighted by molar-refractivity contribution is 0.0786. The van der Waals surface area contributed by atoms with E-state index in [0.717, 1.165) is 23.0 Å². The lowest BCUT2D eigenvalue weighted by atomic mass is 10.1. The van der Waals surface area contributed by atoms with E-state index >= 15 is 0 Å². The predicted molar refractivity (Wildman–Crippen MR) is 113 cm³/mol. The minimum atomic E-state index is -0.0158. The van der Waals surface area contributed by atoms with Crippen LogP contribution in [0.3, 0.4) is 0 Å². The lowest BCUT2D eigenvalue weighted by Crippen LogP contribution is -2.26. The van der Waals surface area contributed by atoms with E-state index in [0.29, 0.717) is 17.3 Å². The van der Waals surface area contributed by atoms with Crippen LogP contribution in [0.2, 0.25) is 5.15 Å². The minimum Gasteiger partial charge on any atom is -0.342 e. The standard InChI is InChI=1S/C23H20ClN3O/c1-26(14-18-11-12-22(24)25-13-18)23(28)20-16-27(15-17-7-3-2-4-8-17)21-10-6-5-9-19(20)21/h2-13,16H,14-15H2,1H3. The first-order chi connectivity index (χ1) is 13.6. The van der Waals surface area contributed by atoms with Crippen LogP contribution in [0.5, 0.6) is 0 Å². The molecular weight excluding hydrogens is 370 g/mol. The monoisotopic (exact) mass is 389 g/mol. The molecule has 0 saturated carbocycles. The molecule has 0 radical (unpaired) electrons. The molecule has 4 nitrogen and oxygen atoms in total. The van der Waals surface area contributed by atoms with Crippen LogP contribution in [0.15, 0.2) is 79.1 Å². The highest BCUT2D eigenvalue weighted by atomic mass is 35.5. The zero-order valence-electron chi connectivity index (χ0n) is 15.5. The fraction of sp³-hybridized carbons (Fsp3) is 0.130. The summed E-state index contributed by atoms with van der Waals surface area (Å²) in [4.78, 5) is 19.0. The second kappa shape index (κ2) is 7.87. The molecule has 0 spiro atoms. The zero-order valence-corrected chi connectivity index (χ0v) is 16.3. The van der Waals surface area contributed by atoms with Crippen molar-refractivity contribution in [2.45, 2.75) is 13.1 Å². The number of hydrogen-bond donors (Lipinski definition) is 0. The van der Waals surface area contributed by atoms with E-state index in [1.807, 2.05) is 48.7 Å². The van der Waals surface area contributed by atoms with E-state index in [2.05, 4.69) is 27.8 Å². The fourth-order valence-electron chi connectivity index (χ4n) is 3.38. The van der Waals surface area contributed by atoms with Gasteiger partial charge < -0.3 is 9.47 Å². The molecule has 5 heteroatoms. The van der Waals surface area contributed by atoms with E-state index in [4.69, 9.17) is 11.6 Å². The van der Waals surface area contributed by atoms with Crippen molar-refractivity contribution in [1.29, 1.82) is 0 Å². The predicted octanol–water partition coefficient (Wildman–Crippen LogP) is 5.01. The Labute approximate surface area is 169 Å². The van der Waals surface area contributed by atoms with Crippen molar-refractivity contribution in [3.8, 4) is 0 Å². The molecule has 0 atom stereocenters. The Balaban J connectivity index is 1.64. The number of carbonyl (C=O) groups excluding carboxylic acids is 1. The van der Waals surface area contributed by atoms with E-state index in [-0.39, 0.29) is 5.91 Å². The molecule has 4 rings (SSSR count). The number of amides is 1. The summed E-state index contributed by atoms with van der Waals surface area (Å²) >= 11 is 5.85. The first kappa shape index (κ1) is 18.3. The second-order valence-electron chi connectivity index (χ2n) is 6.82. The molecule has 2 aromatic heterocycles. The van der Waals surface area contributed by atoms with Crippen molar-refractivity contribution in [3.05, 3.63) is 101 Å². The third-order valence-corrected chi connectivity index (χ3v) is 4.99. The van der Waals surface area contributed by atoms with Crippen molar-refractivity contribution in [2.75, 3.05) is 7.05 Å². The molecule has 2 aromatic carbocycles. The topological polar surface area (TPSA) is 38.1 Å².